The van der Waals surface area contributed by atoms with Crippen molar-refractivity contribution >= 4 is 43.5 Å². The van der Waals surface area contributed by atoms with Crippen molar-refractivity contribution in [3.63, 3.8) is 0 Å². The van der Waals surface area contributed by atoms with E-state index in [9.17, 15) is 4.79 Å². The van der Waals surface area contributed by atoms with Gasteiger partial charge in [0.05, 0.1) is 7.11 Å². The van der Waals surface area contributed by atoms with Crippen LogP contribution in [0.5, 0.6) is 0 Å². The van der Waals surface area contributed by atoms with Crippen LogP contribution < -0.4 is 0 Å². The number of aliphatic imine (C=N–C) groups is 1. The summed E-state index contributed by atoms with van der Waals surface area (Å²) in [5.74, 6) is -0.140. The van der Waals surface area contributed by atoms with E-state index in [0.717, 1.165) is 10.0 Å². The summed E-state index contributed by atoms with van der Waals surface area (Å²) in [5, 5.41) is 0. The topological polar surface area (TPSA) is 47.9 Å². The molecule has 0 bridgehead atoms. The summed E-state index contributed by atoms with van der Waals surface area (Å²) in [6.45, 7) is 0.346. The lowest BCUT2D eigenvalue weighted by Crippen LogP contribution is -2.20. The van der Waals surface area contributed by atoms with Crippen molar-refractivity contribution in [2.24, 2.45) is 4.99 Å². The molecule has 0 saturated carbocycles. The number of hydrogen-bond acceptors (Lipinski definition) is 4. The minimum atomic E-state index is -0.540. The molecule has 0 atom stereocenters. The number of esters is 1. The molecule has 0 radical (unpaired) electrons. The molecule has 0 aliphatic carbocycles. The Hall–Kier alpha value is -1.40. The van der Waals surface area contributed by atoms with Gasteiger partial charge in [-0.25, -0.2) is 9.79 Å². The Bertz CT molecular complexity index is 621. The fourth-order valence-electron chi connectivity index (χ4n) is 1.71. The van der Waals surface area contributed by atoms with Gasteiger partial charge in [0.1, 0.15) is 11.2 Å². The number of nitrogens with zero attached hydrogens (tertiary/aromatic N) is 1. The normalized spacial score (nSPS) is 15.0. The van der Waals surface area contributed by atoms with Crippen LogP contribution in [0.3, 0.4) is 0 Å². The van der Waals surface area contributed by atoms with Crippen LogP contribution in [-0.4, -0.2) is 18.8 Å². The number of ether oxygens (including phenoxy) is 2. The van der Waals surface area contributed by atoms with E-state index in [0.29, 0.717) is 23.4 Å². The van der Waals surface area contributed by atoms with E-state index in [2.05, 4.69) is 36.9 Å². The zero-order chi connectivity index (χ0) is 15.2. The van der Waals surface area contributed by atoms with Gasteiger partial charge in [0, 0.05) is 10.9 Å². The zero-order valence-corrected chi connectivity index (χ0v) is 14.5. The predicted molar refractivity (Wildman–Crippen MR) is 88.3 cm³/mol. The zero-order valence-electron chi connectivity index (χ0n) is 11.3. The second-order valence-corrected chi connectivity index (χ2v) is 5.96. The number of carbonyl (C=O) groups excluding carboxylic acids is 1. The monoisotopic (exact) mass is 413 g/mol. The van der Waals surface area contributed by atoms with Gasteiger partial charge in [0.2, 0.25) is 0 Å². The Kier molecular flexibility index (Phi) is 5.76. The van der Waals surface area contributed by atoms with E-state index >= 15 is 0 Å². The van der Waals surface area contributed by atoms with Crippen LogP contribution >= 0.6 is 31.9 Å². The highest BCUT2D eigenvalue weighted by atomic mass is 79.9. The average molecular weight is 415 g/mol. The van der Waals surface area contributed by atoms with Crippen molar-refractivity contribution in [1.82, 2.24) is 0 Å². The predicted octanol–water partition coefficient (Wildman–Crippen LogP) is 4.06. The van der Waals surface area contributed by atoms with E-state index in [-0.39, 0.29) is 5.71 Å². The highest BCUT2D eigenvalue weighted by Gasteiger charge is 2.24. The van der Waals surface area contributed by atoms with Gasteiger partial charge in [-0.05, 0) is 27.6 Å². The maximum absolute atomic E-state index is 11.9. The van der Waals surface area contributed by atoms with Gasteiger partial charge < -0.3 is 9.47 Å². The Balaban J connectivity index is 2.25. The standard InChI is InChI=1S/C15H13Br2NO3/c1-20-15(19)13-14(11(16)7-8-12(17)18-13)21-9-10-5-3-2-4-6-10/h2-6,8H,7,9H2,1H3. The summed E-state index contributed by atoms with van der Waals surface area (Å²) < 4.78 is 11.9. The smallest absolute Gasteiger partial charge is 0.360 e. The highest BCUT2D eigenvalue weighted by Crippen LogP contribution is 2.27. The molecular formula is C15H13Br2NO3. The quantitative estimate of drug-likeness (QED) is 0.551. The number of halogens is 2. The van der Waals surface area contributed by atoms with E-state index in [1.54, 1.807) is 0 Å². The lowest BCUT2D eigenvalue weighted by Gasteiger charge is -2.12. The summed E-state index contributed by atoms with van der Waals surface area (Å²) >= 11 is 6.73. The van der Waals surface area contributed by atoms with Crippen LogP contribution in [0.1, 0.15) is 12.0 Å². The van der Waals surface area contributed by atoms with E-state index < -0.39 is 5.97 Å². The van der Waals surface area contributed by atoms with Crippen molar-refractivity contribution < 1.29 is 14.3 Å². The number of carbonyl (C=O) groups is 1. The highest BCUT2D eigenvalue weighted by molar-refractivity contribution is 9.12. The fourth-order valence-corrected chi connectivity index (χ4v) is 2.51. The largest absolute Gasteiger partial charge is 0.485 e. The Morgan fingerprint density at radius 2 is 2.00 bits per heavy atom. The van der Waals surface area contributed by atoms with Crippen LogP contribution in [0, 0.1) is 0 Å². The Morgan fingerprint density at radius 3 is 2.67 bits per heavy atom. The maximum atomic E-state index is 11.9. The molecule has 1 aromatic rings. The molecule has 1 aromatic carbocycles. The fraction of sp³-hybridized carbons (Fsp3) is 0.200. The Labute approximate surface area is 139 Å². The molecule has 1 aliphatic rings. The van der Waals surface area contributed by atoms with Gasteiger partial charge in [-0.1, -0.05) is 46.3 Å². The first-order valence-corrected chi connectivity index (χ1v) is 7.79. The summed E-state index contributed by atoms with van der Waals surface area (Å²) in [4.78, 5) is 16.1. The third-order valence-corrected chi connectivity index (χ3v) is 3.92. The average Bonchev–Trinajstić information content (AvgIpc) is 2.65. The van der Waals surface area contributed by atoms with Crippen LogP contribution in [-0.2, 0) is 20.9 Å². The number of allylic oxidation sites excluding steroid dienone is 2. The molecule has 21 heavy (non-hydrogen) atoms. The minimum Gasteiger partial charge on any atom is -0.485 e. The summed E-state index contributed by atoms with van der Waals surface area (Å²) in [6.07, 6.45) is 2.42. The van der Waals surface area contributed by atoms with Gasteiger partial charge in [0.25, 0.3) is 0 Å². The van der Waals surface area contributed by atoms with Gasteiger partial charge in [-0.15, -0.1) is 0 Å². The number of hydrogen-bond donors (Lipinski definition) is 0. The molecule has 0 amide bonds. The molecule has 0 unspecified atom stereocenters. The van der Waals surface area contributed by atoms with Crippen LogP contribution in [0.15, 0.2) is 56.2 Å². The van der Waals surface area contributed by atoms with Gasteiger partial charge in [0.15, 0.2) is 11.5 Å². The van der Waals surface area contributed by atoms with Crippen molar-refractivity contribution in [3.8, 4) is 0 Å². The minimum absolute atomic E-state index is 0.140. The van der Waals surface area contributed by atoms with E-state index in [1.807, 2.05) is 36.4 Å². The van der Waals surface area contributed by atoms with Crippen molar-refractivity contribution in [2.75, 3.05) is 7.11 Å². The molecule has 0 aromatic heterocycles. The van der Waals surface area contributed by atoms with Gasteiger partial charge in [-0.2, -0.15) is 0 Å². The first kappa shape index (κ1) is 16.0. The molecule has 0 spiro atoms. The van der Waals surface area contributed by atoms with Crippen LogP contribution in [0.4, 0.5) is 0 Å². The van der Waals surface area contributed by atoms with Crippen molar-refractivity contribution in [2.45, 2.75) is 13.0 Å². The van der Waals surface area contributed by atoms with E-state index in [1.165, 1.54) is 7.11 Å². The maximum Gasteiger partial charge on any atom is 0.360 e. The lowest BCUT2D eigenvalue weighted by atomic mass is 10.2. The SMILES string of the molecule is COC(=O)C1=NC(Br)=CCC(Br)=C1OCc1ccccc1. The molecule has 0 saturated heterocycles. The van der Waals surface area contributed by atoms with Crippen molar-refractivity contribution in [3.05, 3.63) is 56.8 Å². The number of rotatable bonds is 4. The third-order valence-electron chi connectivity index (χ3n) is 2.73. The summed E-state index contributed by atoms with van der Waals surface area (Å²) in [5.41, 5.74) is 1.15. The molecule has 0 N–H and O–H groups in total. The molecular weight excluding hydrogens is 402 g/mol. The van der Waals surface area contributed by atoms with Crippen molar-refractivity contribution in [1.29, 1.82) is 0 Å². The number of benzene rings is 1. The Morgan fingerprint density at radius 1 is 1.29 bits per heavy atom. The summed E-state index contributed by atoms with van der Waals surface area (Å²) in [6, 6.07) is 9.71. The first-order chi connectivity index (χ1) is 10.1. The van der Waals surface area contributed by atoms with Crippen LogP contribution in [0.2, 0.25) is 0 Å². The van der Waals surface area contributed by atoms with Crippen LogP contribution in [0.25, 0.3) is 0 Å². The molecule has 1 heterocycles. The molecule has 6 heteroatoms. The van der Waals surface area contributed by atoms with E-state index in [4.69, 9.17) is 9.47 Å². The third kappa shape index (κ3) is 4.28. The lowest BCUT2D eigenvalue weighted by molar-refractivity contribution is -0.132. The molecule has 1 aliphatic heterocycles. The molecule has 2 rings (SSSR count). The van der Waals surface area contributed by atoms with Gasteiger partial charge in [-0.3, -0.25) is 0 Å². The second kappa shape index (κ2) is 7.56. The first-order valence-electron chi connectivity index (χ1n) is 6.20. The summed E-state index contributed by atoms with van der Waals surface area (Å²) in [7, 11) is 1.32. The van der Waals surface area contributed by atoms with Gasteiger partial charge >= 0.3 is 5.97 Å². The second-order valence-electron chi connectivity index (χ2n) is 4.19. The molecule has 0 fully saturated rings. The molecule has 4 nitrogen and oxygen atoms in total. The number of methoxy groups -OCH3 is 1. The molecule has 110 valence electrons.